The Balaban J connectivity index is 1.77. The maximum absolute atomic E-state index is 12.2. The quantitative estimate of drug-likeness (QED) is 0.458. The van der Waals surface area contributed by atoms with Crippen molar-refractivity contribution in [2.45, 2.75) is 9.79 Å². The number of carbonyl (C=O) groups excluding carboxylic acids is 1. The van der Waals surface area contributed by atoms with E-state index in [1.165, 1.54) is 17.8 Å². The van der Waals surface area contributed by atoms with E-state index in [1.54, 1.807) is 60.7 Å². The van der Waals surface area contributed by atoms with Gasteiger partial charge < -0.3 is 10.4 Å². The van der Waals surface area contributed by atoms with Crippen LogP contribution in [0.15, 0.2) is 88.3 Å². The fourth-order valence-corrected chi connectivity index (χ4v) is 3.90. The van der Waals surface area contributed by atoms with Crippen LogP contribution in [0.2, 0.25) is 10.0 Å². The molecule has 1 amide bonds. The third-order valence-electron chi connectivity index (χ3n) is 3.84. The van der Waals surface area contributed by atoms with Gasteiger partial charge in [0.05, 0.1) is 10.0 Å². The van der Waals surface area contributed by atoms with Crippen molar-refractivity contribution >= 4 is 52.9 Å². The number of aliphatic carboxylic acids is 1. The number of hydrogen-bond acceptors (Lipinski definition) is 3. The zero-order chi connectivity index (χ0) is 20.8. The largest absolute Gasteiger partial charge is 0.477 e. The molecule has 0 radical (unpaired) electrons. The van der Waals surface area contributed by atoms with E-state index in [0.717, 1.165) is 9.79 Å². The summed E-state index contributed by atoms with van der Waals surface area (Å²) in [7, 11) is 0. The average molecular weight is 444 g/mol. The van der Waals surface area contributed by atoms with E-state index in [-0.39, 0.29) is 5.70 Å². The van der Waals surface area contributed by atoms with E-state index < -0.39 is 11.9 Å². The zero-order valence-corrected chi connectivity index (χ0v) is 17.3. The Bertz CT molecular complexity index is 1050. The lowest BCUT2D eigenvalue weighted by Gasteiger charge is -2.08. The molecule has 0 atom stereocenters. The zero-order valence-electron chi connectivity index (χ0n) is 14.9. The second-order valence-electron chi connectivity index (χ2n) is 5.91. The summed E-state index contributed by atoms with van der Waals surface area (Å²) in [5, 5.41) is 13.0. The molecule has 3 aromatic rings. The maximum Gasteiger partial charge on any atom is 0.352 e. The van der Waals surface area contributed by atoms with E-state index in [9.17, 15) is 14.7 Å². The molecule has 0 heterocycles. The van der Waals surface area contributed by atoms with Crippen molar-refractivity contribution in [1.29, 1.82) is 0 Å². The van der Waals surface area contributed by atoms with Gasteiger partial charge in [-0.2, -0.15) is 0 Å². The first-order valence-corrected chi connectivity index (χ1v) is 10.0. The van der Waals surface area contributed by atoms with Crippen molar-refractivity contribution in [2.75, 3.05) is 0 Å². The van der Waals surface area contributed by atoms with Crippen LogP contribution in [-0.4, -0.2) is 17.0 Å². The molecule has 146 valence electrons. The maximum atomic E-state index is 12.2. The minimum Gasteiger partial charge on any atom is -0.477 e. The predicted molar refractivity (Wildman–Crippen MR) is 117 cm³/mol. The van der Waals surface area contributed by atoms with Crippen LogP contribution in [0, 0.1) is 0 Å². The highest BCUT2D eigenvalue weighted by molar-refractivity contribution is 7.99. The van der Waals surface area contributed by atoms with E-state index in [1.807, 2.05) is 12.1 Å². The molecule has 0 aromatic heterocycles. The van der Waals surface area contributed by atoms with Crippen LogP contribution in [-0.2, 0) is 4.79 Å². The van der Waals surface area contributed by atoms with Gasteiger partial charge in [0.1, 0.15) is 5.70 Å². The molecule has 0 bridgehead atoms. The smallest absolute Gasteiger partial charge is 0.352 e. The van der Waals surface area contributed by atoms with Crippen LogP contribution >= 0.6 is 35.0 Å². The molecular weight excluding hydrogens is 429 g/mol. The number of carboxylic acid groups (broad SMARTS) is 1. The summed E-state index contributed by atoms with van der Waals surface area (Å²) in [4.78, 5) is 25.4. The predicted octanol–water partition coefficient (Wildman–Crippen LogP) is 6.00. The Labute approximate surface area is 182 Å². The fraction of sp³-hybridized carbons (Fsp3) is 0. The summed E-state index contributed by atoms with van der Waals surface area (Å²) in [5.41, 5.74) is 0.793. The molecule has 0 aliphatic heterocycles. The molecule has 0 saturated heterocycles. The van der Waals surface area contributed by atoms with Crippen molar-refractivity contribution in [3.8, 4) is 0 Å². The van der Waals surface area contributed by atoms with Crippen molar-refractivity contribution < 1.29 is 14.7 Å². The molecule has 7 heteroatoms. The second kappa shape index (κ2) is 9.65. The molecule has 0 saturated carbocycles. The Morgan fingerprint density at radius 1 is 0.862 bits per heavy atom. The molecule has 2 N–H and O–H groups in total. The van der Waals surface area contributed by atoms with E-state index >= 15 is 0 Å². The Morgan fingerprint density at radius 2 is 1.48 bits per heavy atom. The van der Waals surface area contributed by atoms with Gasteiger partial charge in [-0.25, -0.2) is 4.79 Å². The highest BCUT2D eigenvalue weighted by Gasteiger charge is 2.13. The number of hydrogen-bond donors (Lipinski definition) is 2. The Hall–Kier alpha value is -2.73. The summed E-state index contributed by atoms with van der Waals surface area (Å²) < 4.78 is 0. The van der Waals surface area contributed by atoms with Gasteiger partial charge >= 0.3 is 5.97 Å². The van der Waals surface area contributed by atoms with Crippen molar-refractivity contribution in [2.24, 2.45) is 0 Å². The van der Waals surface area contributed by atoms with Crippen molar-refractivity contribution in [1.82, 2.24) is 5.32 Å². The third kappa shape index (κ3) is 5.64. The Morgan fingerprint density at radius 3 is 2.07 bits per heavy atom. The number of carbonyl (C=O) groups is 2. The molecule has 0 unspecified atom stereocenters. The summed E-state index contributed by atoms with van der Waals surface area (Å²) in [5.74, 6) is -1.71. The van der Waals surface area contributed by atoms with Gasteiger partial charge in [0, 0.05) is 15.4 Å². The first-order valence-electron chi connectivity index (χ1n) is 8.47. The van der Waals surface area contributed by atoms with E-state index in [2.05, 4.69) is 5.32 Å². The van der Waals surface area contributed by atoms with Crippen LogP contribution in [0.4, 0.5) is 0 Å². The highest BCUT2D eigenvalue weighted by Crippen LogP contribution is 2.38. The second-order valence-corrected chi connectivity index (χ2v) is 7.80. The minimum absolute atomic E-state index is 0.214. The number of benzene rings is 3. The molecule has 4 nitrogen and oxygen atoms in total. The lowest BCUT2D eigenvalue weighted by Crippen LogP contribution is -2.27. The van der Waals surface area contributed by atoms with Gasteiger partial charge in [-0.05, 0) is 48.0 Å². The molecule has 3 rings (SSSR count). The van der Waals surface area contributed by atoms with Crippen molar-refractivity contribution in [3.05, 3.63) is 99.7 Å². The molecule has 0 fully saturated rings. The number of carboxylic acids is 1. The van der Waals surface area contributed by atoms with Gasteiger partial charge in [0.25, 0.3) is 5.91 Å². The Kier molecular flexibility index (Phi) is 6.99. The van der Waals surface area contributed by atoms with Gasteiger partial charge in [-0.15, -0.1) is 0 Å². The molecule has 0 aliphatic rings. The summed E-state index contributed by atoms with van der Waals surface area (Å²) in [6.45, 7) is 0. The van der Waals surface area contributed by atoms with E-state index in [0.29, 0.717) is 21.2 Å². The van der Waals surface area contributed by atoms with E-state index in [4.69, 9.17) is 23.2 Å². The topological polar surface area (TPSA) is 66.4 Å². The highest BCUT2D eigenvalue weighted by atomic mass is 35.5. The van der Waals surface area contributed by atoms with Crippen LogP contribution in [0.1, 0.15) is 15.9 Å². The summed E-state index contributed by atoms with van der Waals surface area (Å²) in [6, 6.07) is 20.9. The summed E-state index contributed by atoms with van der Waals surface area (Å²) in [6.07, 6.45) is 1.40. The van der Waals surface area contributed by atoms with Crippen LogP contribution in [0.25, 0.3) is 6.08 Å². The van der Waals surface area contributed by atoms with Crippen molar-refractivity contribution in [3.63, 3.8) is 0 Å². The molecule has 0 aliphatic carbocycles. The number of nitrogens with one attached hydrogen (secondary N) is 1. The normalized spacial score (nSPS) is 11.2. The average Bonchev–Trinajstić information content (AvgIpc) is 2.72. The number of rotatable bonds is 6. The molecule has 0 spiro atoms. The first kappa shape index (κ1) is 21.0. The SMILES string of the molecule is O=C(O)/C(=C/c1ccc(Sc2c(Cl)cccc2Cl)cc1)NC(=O)c1ccccc1. The number of amides is 1. The van der Waals surface area contributed by atoms with Gasteiger partial charge in [0.2, 0.25) is 0 Å². The minimum atomic E-state index is -1.23. The lowest BCUT2D eigenvalue weighted by atomic mass is 10.1. The molecule has 29 heavy (non-hydrogen) atoms. The molecular formula is C22H15Cl2NO3S. The number of halogens is 2. The molecule has 3 aromatic carbocycles. The lowest BCUT2D eigenvalue weighted by molar-refractivity contribution is -0.132. The van der Waals surface area contributed by atoms with Gasteiger partial charge in [-0.1, -0.05) is 71.4 Å². The first-order chi connectivity index (χ1) is 13.9. The fourth-order valence-electron chi connectivity index (χ4n) is 2.43. The third-order valence-corrected chi connectivity index (χ3v) is 5.85. The van der Waals surface area contributed by atoms with Gasteiger partial charge in [-0.3, -0.25) is 4.79 Å². The van der Waals surface area contributed by atoms with Gasteiger partial charge in [0.15, 0.2) is 0 Å². The van der Waals surface area contributed by atoms with Crippen LogP contribution < -0.4 is 5.32 Å². The van der Waals surface area contributed by atoms with Crippen LogP contribution in [0.3, 0.4) is 0 Å². The standard InChI is InChI=1S/C22H15Cl2NO3S/c23-17-7-4-8-18(24)20(17)29-16-11-9-14(10-12-16)13-19(22(27)28)25-21(26)15-5-2-1-3-6-15/h1-13H,(H,25,26)(H,27,28)/b19-13-. The van der Waals surface area contributed by atoms with Crippen LogP contribution in [0.5, 0.6) is 0 Å². The monoisotopic (exact) mass is 443 g/mol. The summed E-state index contributed by atoms with van der Waals surface area (Å²) >= 11 is 13.8.